The van der Waals surface area contributed by atoms with Crippen molar-refractivity contribution in [3.63, 3.8) is 0 Å². The first-order valence-electron chi connectivity index (χ1n) is 10.6. The van der Waals surface area contributed by atoms with E-state index in [2.05, 4.69) is 49.6 Å². The number of benzene rings is 1. The highest BCUT2D eigenvalue weighted by atomic mass is 16.3. The van der Waals surface area contributed by atoms with E-state index in [9.17, 15) is 9.90 Å². The Kier molecular flexibility index (Phi) is 7.88. The summed E-state index contributed by atoms with van der Waals surface area (Å²) >= 11 is 0. The molecule has 1 atom stereocenters. The number of hydrogen-bond donors (Lipinski definition) is 3. The Morgan fingerprint density at radius 3 is 2.64 bits per heavy atom. The first-order valence-corrected chi connectivity index (χ1v) is 10.6. The van der Waals surface area contributed by atoms with Gasteiger partial charge in [-0.15, -0.1) is 0 Å². The Bertz CT molecular complexity index is 721. The smallest absolute Gasteiger partial charge is 0.317 e. The van der Waals surface area contributed by atoms with Gasteiger partial charge in [-0.25, -0.2) is 4.79 Å². The summed E-state index contributed by atoms with van der Waals surface area (Å²) < 4.78 is 0. The van der Waals surface area contributed by atoms with E-state index >= 15 is 0 Å². The van der Waals surface area contributed by atoms with Gasteiger partial charge in [0.15, 0.2) is 5.72 Å². The summed E-state index contributed by atoms with van der Waals surface area (Å²) in [5.74, 6) is 0. The first kappa shape index (κ1) is 22.2. The highest BCUT2D eigenvalue weighted by Crippen LogP contribution is 2.39. The van der Waals surface area contributed by atoms with E-state index in [1.54, 1.807) is 0 Å². The van der Waals surface area contributed by atoms with Gasteiger partial charge in [0, 0.05) is 18.5 Å². The van der Waals surface area contributed by atoms with Crippen LogP contribution in [-0.2, 0) is 5.41 Å². The van der Waals surface area contributed by atoms with Crippen molar-refractivity contribution in [2.75, 3.05) is 6.54 Å². The Balaban J connectivity index is 2.34. The molecule has 0 aromatic heterocycles. The van der Waals surface area contributed by atoms with Crippen LogP contribution in [-0.4, -0.2) is 23.4 Å². The molecule has 154 valence electrons. The summed E-state index contributed by atoms with van der Waals surface area (Å²) in [4.78, 5) is 12.1. The van der Waals surface area contributed by atoms with Gasteiger partial charge in [0.2, 0.25) is 0 Å². The predicted octanol–water partition coefficient (Wildman–Crippen LogP) is 5.29. The molecular weight excluding hydrogens is 348 g/mol. The zero-order valence-electron chi connectivity index (χ0n) is 17.8. The average molecular weight is 385 g/mol. The lowest BCUT2D eigenvalue weighted by Gasteiger charge is -2.36. The van der Waals surface area contributed by atoms with E-state index in [-0.39, 0.29) is 11.4 Å². The molecule has 2 amide bonds. The van der Waals surface area contributed by atoms with Crippen LogP contribution in [0.5, 0.6) is 0 Å². The van der Waals surface area contributed by atoms with Gasteiger partial charge in [-0.3, -0.25) is 0 Å². The van der Waals surface area contributed by atoms with Crippen LogP contribution >= 0.6 is 0 Å². The van der Waals surface area contributed by atoms with Crippen molar-refractivity contribution < 1.29 is 9.90 Å². The summed E-state index contributed by atoms with van der Waals surface area (Å²) in [6, 6.07) is 7.90. The molecule has 28 heavy (non-hydrogen) atoms. The average Bonchev–Trinajstić information content (AvgIpc) is 2.65. The number of nitrogens with one attached hydrogen (secondary N) is 2. The number of hydrogen-bond acceptors (Lipinski definition) is 2. The third-order valence-corrected chi connectivity index (χ3v) is 5.52. The van der Waals surface area contributed by atoms with Crippen molar-refractivity contribution >= 4 is 11.6 Å². The molecule has 1 unspecified atom stereocenters. The molecule has 1 aliphatic rings. The van der Waals surface area contributed by atoms with Crippen LogP contribution < -0.4 is 10.6 Å². The number of amides is 2. The molecule has 0 heterocycles. The fourth-order valence-corrected chi connectivity index (χ4v) is 3.91. The Labute approximate surface area is 170 Å². The number of urea groups is 1. The quantitative estimate of drug-likeness (QED) is 0.400. The molecule has 0 aliphatic heterocycles. The van der Waals surface area contributed by atoms with Crippen molar-refractivity contribution in [1.82, 2.24) is 10.6 Å². The van der Waals surface area contributed by atoms with Gasteiger partial charge in [-0.2, -0.15) is 0 Å². The number of allylic oxidation sites excluding steroid dienone is 2. The standard InChI is InChI=1S/C24H36N2O2/c1-5-7-8-12-17-23(3,4)20-15-10-9-14-19(20)21-16-11-13-18-24(21,28)26-22(27)25-6-2/h9-11,13-16,28H,5-8,12,17-18H2,1-4H3,(H2,25,26,27). The highest BCUT2D eigenvalue weighted by molar-refractivity contribution is 5.83. The fourth-order valence-electron chi connectivity index (χ4n) is 3.91. The van der Waals surface area contributed by atoms with E-state index in [0.717, 1.165) is 17.6 Å². The largest absolute Gasteiger partial charge is 0.366 e. The zero-order chi connectivity index (χ0) is 20.6. The maximum Gasteiger partial charge on any atom is 0.317 e. The summed E-state index contributed by atoms with van der Waals surface area (Å²) in [6.07, 6.45) is 12.1. The number of aliphatic hydroxyl groups is 1. The van der Waals surface area contributed by atoms with E-state index in [1.807, 2.05) is 31.2 Å². The lowest BCUT2D eigenvalue weighted by atomic mass is 9.74. The number of rotatable bonds is 9. The third-order valence-electron chi connectivity index (χ3n) is 5.52. The molecule has 0 radical (unpaired) electrons. The van der Waals surface area contributed by atoms with Crippen LogP contribution in [0.3, 0.4) is 0 Å². The third kappa shape index (κ3) is 5.48. The number of unbranched alkanes of at least 4 members (excludes halogenated alkanes) is 3. The van der Waals surface area contributed by atoms with Crippen LogP contribution in [0.4, 0.5) is 4.79 Å². The van der Waals surface area contributed by atoms with Gasteiger partial charge in [0.1, 0.15) is 0 Å². The van der Waals surface area contributed by atoms with Crippen LogP contribution in [0.1, 0.15) is 77.3 Å². The van der Waals surface area contributed by atoms with E-state index < -0.39 is 5.72 Å². The topological polar surface area (TPSA) is 61.4 Å². The van der Waals surface area contributed by atoms with Gasteiger partial charge in [-0.05, 0) is 29.9 Å². The minimum Gasteiger partial charge on any atom is -0.366 e. The molecule has 3 N–H and O–H groups in total. The molecule has 0 saturated heterocycles. The molecule has 0 spiro atoms. The van der Waals surface area contributed by atoms with Gasteiger partial charge in [0.05, 0.1) is 0 Å². The van der Waals surface area contributed by atoms with Crippen molar-refractivity contribution in [2.45, 2.75) is 77.4 Å². The Morgan fingerprint density at radius 1 is 1.18 bits per heavy atom. The first-order chi connectivity index (χ1) is 13.3. The molecule has 1 aromatic rings. The van der Waals surface area contributed by atoms with Gasteiger partial charge in [-0.1, -0.05) is 88.9 Å². The van der Waals surface area contributed by atoms with E-state index in [0.29, 0.717) is 13.0 Å². The lowest BCUT2D eigenvalue weighted by molar-refractivity contribution is 0.0766. The van der Waals surface area contributed by atoms with Crippen molar-refractivity contribution in [3.8, 4) is 0 Å². The molecule has 0 fully saturated rings. The van der Waals surface area contributed by atoms with Gasteiger partial charge >= 0.3 is 6.03 Å². The molecule has 2 rings (SSSR count). The summed E-state index contributed by atoms with van der Waals surface area (Å²) in [5.41, 5.74) is 1.54. The monoisotopic (exact) mass is 384 g/mol. The second-order valence-electron chi connectivity index (χ2n) is 8.30. The van der Waals surface area contributed by atoms with Gasteiger partial charge < -0.3 is 15.7 Å². The molecular formula is C24H36N2O2. The van der Waals surface area contributed by atoms with Crippen LogP contribution in [0.25, 0.3) is 5.57 Å². The van der Waals surface area contributed by atoms with E-state index in [1.165, 1.54) is 31.2 Å². The second kappa shape index (κ2) is 9.92. The van der Waals surface area contributed by atoms with Crippen LogP contribution in [0, 0.1) is 0 Å². The van der Waals surface area contributed by atoms with E-state index in [4.69, 9.17) is 0 Å². The normalized spacial score (nSPS) is 19.2. The van der Waals surface area contributed by atoms with Crippen molar-refractivity contribution in [2.24, 2.45) is 0 Å². The summed E-state index contributed by atoms with van der Waals surface area (Å²) in [6.45, 7) is 9.14. The minimum absolute atomic E-state index is 0.0150. The maximum absolute atomic E-state index is 12.1. The predicted molar refractivity (Wildman–Crippen MR) is 117 cm³/mol. The van der Waals surface area contributed by atoms with Crippen LogP contribution in [0.2, 0.25) is 0 Å². The maximum atomic E-state index is 12.1. The molecule has 4 nitrogen and oxygen atoms in total. The zero-order valence-corrected chi connectivity index (χ0v) is 17.8. The Hall–Kier alpha value is -2.07. The molecule has 0 saturated carbocycles. The van der Waals surface area contributed by atoms with Crippen molar-refractivity contribution in [3.05, 3.63) is 53.6 Å². The molecule has 4 heteroatoms. The lowest BCUT2D eigenvalue weighted by Crippen LogP contribution is -2.53. The number of carbonyl (C=O) groups excluding carboxylic acids is 1. The minimum atomic E-state index is -1.41. The Morgan fingerprint density at radius 2 is 1.93 bits per heavy atom. The summed E-state index contributed by atoms with van der Waals surface area (Å²) in [7, 11) is 0. The molecule has 0 bridgehead atoms. The molecule has 1 aliphatic carbocycles. The summed E-state index contributed by atoms with van der Waals surface area (Å²) in [5, 5.41) is 16.8. The fraction of sp³-hybridized carbons (Fsp3) is 0.542. The van der Waals surface area contributed by atoms with Gasteiger partial charge in [0.25, 0.3) is 0 Å². The van der Waals surface area contributed by atoms with Crippen molar-refractivity contribution in [1.29, 1.82) is 0 Å². The number of carbonyl (C=O) groups is 1. The highest BCUT2D eigenvalue weighted by Gasteiger charge is 2.37. The SMILES string of the molecule is CCCCCCC(C)(C)c1ccccc1C1=CC=CCC1(O)NC(=O)NCC. The second-order valence-corrected chi connectivity index (χ2v) is 8.30. The van der Waals surface area contributed by atoms with Crippen LogP contribution in [0.15, 0.2) is 42.5 Å². The molecule has 1 aromatic carbocycles.